The summed E-state index contributed by atoms with van der Waals surface area (Å²) in [6.07, 6.45) is 3.84. The van der Waals surface area contributed by atoms with E-state index in [1.165, 1.54) is 19.3 Å². The molecule has 0 heterocycles. The molecule has 0 bridgehead atoms. The number of hydrogen-bond acceptors (Lipinski definition) is 1. The lowest BCUT2D eigenvalue weighted by molar-refractivity contribution is 0.711. The van der Waals surface area contributed by atoms with Crippen LogP contribution < -0.4 is 5.32 Å². The lowest BCUT2D eigenvalue weighted by Gasteiger charge is -1.89. The van der Waals surface area contributed by atoms with Gasteiger partial charge in [0.25, 0.3) is 0 Å². The summed E-state index contributed by atoms with van der Waals surface area (Å²) in [5.74, 6) is 0. The molecule has 0 aliphatic heterocycles. The largest absolute Gasteiger partial charge is 0.320 e. The Hall–Kier alpha value is -0.0400. The zero-order chi connectivity index (χ0) is 11.5. The maximum absolute atomic E-state index is 3.07. The fourth-order valence-electron chi connectivity index (χ4n) is 0.354. The molecule has 1 nitrogen and oxygen atoms in total. The van der Waals surface area contributed by atoms with Crippen LogP contribution in [0.25, 0.3) is 0 Å². The minimum absolute atomic E-state index is 1.16. The molecule has 0 aromatic heterocycles. The highest BCUT2D eigenvalue weighted by Crippen LogP contribution is 1.79. The van der Waals surface area contributed by atoms with E-state index >= 15 is 0 Å². The summed E-state index contributed by atoms with van der Waals surface area (Å²) >= 11 is 0. The molecule has 86 valence electrons. The molecule has 0 unspecified atom stereocenters. The van der Waals surface area contributed by atoms with Gasteiger partial charge in [0.15, 0.2) is 0 Å². The summed E-state index contributed by atoms with van der Waals surface area (Å²) < 4.78 is 0. The average molecular weight is 191 g/mol. The third-order valence-electron chi connectivity index (χ3n) is 0.780. The molecular formula is C12H33N. The van der Waals surface area contributed by atoms with E-state index < -0.39 is 0 Å². The Balaban J connectivity index is -0.0000000493. The van der Waals surface area contributed by atoms with Crippen LogP contribution in [0.5, 0.6) is 0 Å². The first-order chi connectivity index (χ1) is 6.33. The molecule has 13 heavy (non-hydrogen) atoms. The molecule has 0 radical (unpaired) electrons. The highest BCUT2D eigenvalue weighted by Gasteiger charge is 1.73. The zero-order valence-electron chi connectivity index (χ0n) is 11.3. The van der Waals surface area contributed by atoms with Gasteiger partial charge in [0, 0.05) is 0 Å². The Kier molecular flexibility index (Phi) is 104. The first-order valence-corrected chi connectivity index (χ1v) is 5.97. The number of nitrogens with one attached hydrogen (secondary N) is 1. The minimum atomic E-state index is 1.16. The van der Waals surface area contributed by atoms with Crippen LogP contribution >= 0.6 is 0 Å². The summed E-state index contributed by atoms with van der Waals surface area (Å²) in [5, 5.41) is 3.07. The Labute approximate surface area is 87.3 Å². The molecule has 0 aliphatic rings. The molecule has 0 saturated carbocycles. The van der Waals surface area contributed by atoms with Crippen molar-refractivity contribution in [2.45, 2.75) is 67.7 Å². The summed E-state index contributed by atoms with van der Waals surface area (Å²) in [7, 11) is 1.98. The number of rotatable bonds is 3. The van der Waals surface area contributed by atoms with E-state index in [1.54, 1.807) is 0 Å². The van der Waals surface area contributed by atoms with Crippen molar-refractivity contribution in [3.8, 4) is 0 Å². The lowest BCUT2D eigenvalue weighted by Crippen LogP contribution is -2.06. The molecular weight excluding hydrogens is 158 g/mol. The van der Waals surface area contributed by atoms with Crippen molar-refractivity contribution in [2.75, 3.05) is 13.6 Å². The van der Waals surface area contributed by atoms with E-state index in [2.05, 4.69) is 26.1 Å². The van der Waals surface area contributed by atoms with Gasteiger partial charge in [0.1, 0.15) is 0 Å². The molecule has 0 aliphatic carbocycles. The van der Waals surface area contributed by atoms with Gasteiger partial charge >= 0.3 is 0 Å². The van der Waals surface area contributed by atoms with Crippen molar-refractivity contribution in [3.05, 3.63) is 0 Å². The topological polar surface area (TPSA) is 12.0 Å². The van der Waals surface area contributed by atoms with Gasteiger partial charge in [-0.3, -0.25) is 0 Å². The van der Waals surface area contributed by atoms with E-state index in [9.17, 15) is 0 Å². The maximum Gasteiger partial charge on any atom is -0.00520 e. The number of hydrogen-bond donors (Lipinski definition) is 1. The van der Waals surface area contributed by atoms with Crippen LogP contribution in [-0.4, -0.2) is 13.6 Å². The second-order valence-electron chi connectivity index (χ2n) is 2.16. The molecule has 0 rings (SSSR count). The quantitative estimate of drug-likeness (QED) is 0.649. The molecule has 0 aromatic carbocycles. The maximum atomic E-state index is 3.07. The van der Waals surface area contributed by atoms with Crippen molar-refractivity contribution in [3.63, 3.8) is 0 Å². The Morgan fingerprint density at radius 2 is 1.15 bits per heavy atom. The van der Waals surface area contributed by atoms with Gasteiger partial charge in [-0.15, -0.1) is 0 Å². The summed E-state index contributed by atoms with van der Waals surface area (Å²) in [6.45, 7) is 15.6. The summed E-state index contributed by atoms with van der Waals surface area (Å²) in [4.78, 5) is 0. The van der Waals surface area contributed by atoms with Crippen LogP contribution in [0, 0.1) is 0 Å². The molecule has 0 spiro atoms. The van der Waals surface area contributed by atoms with E-state index in [4.69, 9.17) is 0 Å². The Morgan fingerprint density at radius 3 is 1.23 bits per heavy atom. The average Bonchev–Trinajstić information content (AvgIpc) is 2.22. The zero-order valence-corrected chi connectivity index (χ0v) is 11.3. The first-order valence-electron chi connectivity index (χ1n) is 5.97. The monoisotopic (exact) mass is 191 g/mol. The second kappa shape index (κ2) is 58.4. The van der Waals surface area contributed by atoms with E-state index in [-0.39, 0.29) is 0 Å². The summed E-state index contributed by atoms with van der Waals surface area (Å²) in [5.41, 5.74) is 0. The smallest absolute Gasteiger partial charge is 0.00520 e. The van der Waals surface area contributed by atoms with Gasteiger partial charge in [-0.1, -0.05) is 61.3 Å². The van der Waals surface area contributed by atoms with E-state index in [1.807, 2.05) is 34.7 Å². The third kappa shape index (κ3) is 135. The van der Waals surface area contributed by atoms with Gasteiger partial charge in [-0.25, -0.2) is 0 Å². The van der Waals surface area contributed by atoms with Gasteiger partial charge in [-0.2, -0.15) is 0 Å². The molecule has 1 heteroatoms. The van der Waals surface area contributed by atoms with E-state index in [0.29, 0.717) is 0 Å². The highest BCUT2D eigenvalue weighted by molar-refractivity contribution is 4.34. The fourth-order valence-corrected chi connectivity index (χ4v) is 0.354. The standard InChI is InChI=1S/C5H13N.C3H8.2C2H6/c1-3-4-5-6-2;1-3-2;2*1-2/h6H,3-5H2,1-2H3;3H2,1-2H3;2*1-2H3. The van der Waals surface area contributed by atoms with Crippen molar-refractivity contribution < 1.29 is 0 Å². The van der Waals surface area contributed by atoms with Crippen LogP contribution in [0.3, 0.4) is 0 Å². The SMILES string of the molecule is CC.CC.CCC.CCCCNC. The van der Waals surface area contributed by atoms with Crippen LogP contribution in [0.1, 0.15) is 67.7 Å². The molecule has 0 saturated heterocycles. The molecule has 0 aromatic rings. The van der Waals surface area contributed by atoms with Gasteiger partial charge in [0.2, 0.25) is 0 Å². The van der Waals surface area contributed by atoms with Gasteiger partial charge < -0.3 is 5.32 Å². The fraction of sp³-hybridized carbons (Fsp3) is 1.00. The summed E-state index contributed by atoms with van der Waals surface area (Å²) in [6, 6.07) is 0. The first kappa shape index (κ1) is 23.1. The Morgan fingerprint density at radius 1 is 0.846 bits per heavy atom. The van der Waals surface area contributed by atoms with Crippen molar-refractivity contribution in [2.24, 2.45) is 0 Å². The van der Waals surface area contributed by atoms with Crippen LogP contribution in [0.4, 0.5) is 0 Å². The molecule has 0 fully saturated rings. The molecule has 1 N–H and O–H groups in total. The highest BCUT2D eigenvalue weighted by atomic mass is 14.8. The van der Waals surface area contributed by atoms with E-state index in [0.717, 1.165) is 6.54 Å². The minimum Gasteiger partial charge on any atom is -0.320 e. The lowest BCUT2D eigenvalue weighted by atomic mass is 10.3. The second-order valence-corrected chi connectivity index (χ2v) is 2.16. The van der Waals surface area contributed by atoms with Gasteiger partial charge in [-0.05, 0) is 20.0 Å². The predicted octanol–water partition coefficient (Wildman–Crippen LogP) is 4.47. The van der Waals surface area contributed by atoms with Gasteiger partial charge in [0.05, 0.1) is 0 Å². The normalized spacial score (nSPS) is 6.46. The van der Waals surface area contributed by atoms with Crippen molar-refractivity contribution in [1.29, 1.82) is 0 Å². The molecule has 0 amide bonds. The van der Waals surface area contributed by atoms with Crippen LogP contribution in [0.15, 0.2) is 0 Å². The Bertz CT molecular complexity index is 24.3. The predicted molar refractivity (Wildman–Crippen MR) is 67.5 cm³/mol. The molecule has 0 atom stereocenters. The third-order valence-corrected chi connectivity index (χ3v) is 0.780. The number of unbranched alkanes of at least 4 members (excludes halogenated alkanes) is 1. The van der Waals surface area contributed by atoms with Crippen LogP contribution in [0.2, 0.25) is 0 Å². The van der Waals surface area contributed by atoms with Crippen LogP contribution in [-0.2, 0) is 0 Å². The van der Waals surface area contributed by atoms with Crippen molar-refractivity contribution in [1.82, 2.24) is 5.32 Å². The van der Waals surface area contributed by atoms with Crippen molar-refractivity contribution >= 4 is 0 Å².